The zero-order valence-corrected chi connectivity index (χ0v) is 20.2. The third kappa shape index (κ3) is 6.60. The van der Waals surface area contributed by atoms with E-state index in [9.17, 15) is 14.4 Å². The summed E-state index contributed by atoms with van der Waals surface area (Å²) in [7, 11) is 1.67. The lowest BCUT2D eigenvalue weighted by molar-refractivity contribution is -0.158. The first-order chi connectivity index (χ1) is 17.0. The van der Waals surface area contributed by atoms with Crippen LogP contribution in [0.2, 0.25) is 0 Å². The van der Waals surface area contributed by atoms with Gasteiger partial charge in [-0.1, -0.05) is 42.5 Å². The molecule has 35 heavy (non-hydrogen) atoms. The van der Waals surface area contributed by atoms with Crippen molar-refractivity contribution in [3.8, 4) is 5.75 Å². The second-order valence-corrected chi connectivity index (χ2v) is 8.99. The molecule has 8 nitrogen and oxygen atoms in total. The number of para-hydroxylation sites is 2. The number of anilines is 1. The van der Waals surface area contributed by atoms with Crippen LogP contribution < -0.4 is 9.64 Å². The van der Waals surface area contributed by atoms with Crippen molar-refractivity contribution in [1.82, 2.24) is 9.80 Å². The number of methoxy groups -OCH3 is 1. The van der Waals surface area contributed by atoms with Crippen molar-refractivity contribution < 1.29 is 23.9 Å². The normalized spacial score (nSPS) is 17.9. The molecule has 2 saturated heterocycles. The van der Waals surface area contributed by atoms with Crippen LogP contribution in [0.25, 0.3) is 0 Å². The lowest BCUT2D eigenvalue weighted by Gasteiger charge is -2.38. The number of amides is 2. The van der Waals surface area contributed by atoms with E-state index >= 15 is 0 Å². The number of imide groups is 1. The summed E-state index contributed by atoms with van der Waals surface area (Å²) in [4.78, 5) is 43.3. The number of hydrogen-bond acceptors (Lipinski definition) is 7. The van der Waals surface area contributed by atoms with Gasteiger partial charge in [-0.05, 0) is 24.1 Å². The molecule has 2 aliphatic heterocycles. The van der Waals surface area contributed by atoms with Gasteiger partial charge in [0.1, 0.15) is 11.9 Å². The Morgan fingerprint density at radius 1 is 0.886 bits per heavy atom. The van der Waals surface area contributed by atoms with Gasteiger partial charge in [0, 0.05) is 45.6 Å². The Bertz CT molecular complexity index is 1000. The lowest BCUT2D eigenvalue weighted by Crippen LogP contribution is -2.52. The average Bonchev–Trinajstić information content (AvgIpc) is 2.87. The number of likely N-dealkylation sites (tertiary alicyclic amines) is 1. The summed E-state index contributed by atoms with van der Waals surface area (Å²) in [5.74, 6) is 0.110. The summed E-state index contributed by atoms with van der Waals surface area (Å²) >= 11 is 0. The Morgan fingerprint density at radius 2 is 1.54 bits per heavy atom. The standard InChI is InChI=1S/C27H33N3O5/c1-34-24-11-6-5-10-23(24)29-16-14-28(15-17-29)19-22(20-30-25(31)12-7-13-26(30)32)35-27(33)18-21-8-3-2-4-9-21/h2-6,8-11,22H,7,12-20H2,1H3. The number of hydrogen-bond donors (Lipinski definition) is 0. The maximum atomic E-state index is 12.7. The molecule has 186 valence electrons. The van der Waals surface area contributed by atoms with Crippen molar-refractivity contribution >= 4 is 23.5 Å². The number of ether oxygens (including phenoxy) is 2. The summed E-state index contributed by atoms with van der Waals surface area (Å²) < 4.78 is 11.3. The van der Waals surface area contributed by atoms with Gasteiger partial charge in [-0.15, -0.1) is 0 Å². The number of benzene rings is 2. The Balaban J connectivity index is 1.39. The smallest absolute Gasteiger partial charge is 0.310 e. The second kappa shape index (κ2) is 11.8. The summed E-state index contributed by atoms with van der Waals surface area (Å²) in [5, 5.41) is 0. The first kappa shape index (κ1) is 24.7. The van der Waals surface area contributed by atoms with Crippen molar-refractivity contribution in [3.63, 3.8) is 0 Å². The lowest BCUT2D eigenvalue weighted by atomic mass is 10.1. The minimum atomic E-state index is -0.574. The van der Waals surface area contributed by atoms with Gasteiger partial charge in [-0.2, -0.15) is 0 Å². The summed E-state index contributed by atoms with van der Waals surface area (Å²) in [6.07, 6.45) is 0.871. The Labute approximate surface area is 206 Å². The maximum absolute atomic E-state index is 12.7. The van der Waals surface area contributed by atoms with E-state index in [0.29, 0.717) is 25.8 Å². The van der Waals surface area contributed by atoms with E-state index < -0.39 is 6.10 Å². The van der Waals surface area contributed by atoms with Crippen LogP contribution in [0.1, 0.15) is 24.8 Å². The SMILES string of the molecule is COc1ccccc1N1CCN(CC(CN2C(=O)CCCC2=O)OC(=O)Cc2ccccc2)CC1. The molecule has 0 spiro atoms. The molecule has 4 rings (SSSR count). The molecule has 8 heteroatoms. The van der Waals surface area contributed by atoms with Gasteiger partial charge in [0.15, 0.2) is 0 Å². The van der Waals surface area contributed by atoms with E-state index in [4.69, 9.17) is 9.47 Å². The van der Waals surface area contributed by atoms with Crippen LogP contribution in [-0.2, 0) is 25.5 Å². The van der Waals surface area contributed by atoms with Crippen molar-refractivity contribution in [2.45, 2.75) is 31.8 Å². The Morgan fingerprint density at radius 3 is 2.23 bits per heavy atom. The highest BCUT2D eigenvalue weighted by Crippen LogP contribution is 2.28. The zero-order chi connectivity index (χ0) is 24.6. The second-order valence-electron chi connectivity index (χ2n) is 8.99. The van der Waals surface area contributed by atoms with Crippen LogP contribution in [0.4, 0.5) is 5.69 Å². The first-order valence-corrected chi connectivity index (χ1v) is 12.2. The highest BCUT2D eigenvalue weighted by atomic mass is 16.5. The summed E-state index contributed by atoms with van der Waals surface area (Å²) in [6.45, 7) is 3.71. The molecule has 2 amide bonds. The van der Waals surface area contributed by atoms with Crippen LogP contribution in [-0.4, -0.2) is 80.1 Å². The van der Waals surface area contributed by atoms with Gasteiger partial charge in [0.25, 0.3) is 0 Å². The summed E-state index contributed by atoms with van der Waals surface area (Å²) in [5.41, 5.74) is 1.93. The molecule has 2 aromatic rings. The molecule has 0 radical (unpaired) electrons. The van der Waals surface area contributed by atoms with Gasteiger partial charge in [-0.25, -0.2) is 0 Å². The maximum Gasteiger partial charge on any atom is 0.310 e. The van der Waals surface area contributed by atoms with E-state index in [1.54, 1.807) is 7.11 Å². The molecule has 0 aliphatic carbocycles. The van der Waals surface area contributed by atoms with Gasteiger partial charge >= 0.3 is 5.97 Å². The van der Waals surface area contributed by atoms with Crippen molar-refractivity contribution in [2.24, 2.45) is 0 Å². The highest BCUT2D eigenvalue weighted by Gasteiger charge is 2.31. The fraction of sp³-hybridized carbons (Fsp3) is 0.444. The highest BCUT2D eigenvalue weighted by molar-refractivity contribution is 5.97. The third-order valence-corrected chi connectivity index (χ3v) is 6.52. The Kier molecular flexibility index (Phi) is 8.36. The fourth-order valence-corrected chi connectivity index (χ4v) is 4.68. The molecule has 0 saturated carbocycles. The molecule has 0 N–H and O–H groups in total. The van der Waals surface area contributed by atoms with E-state index in [0.717, 1.165) is 43.2 Å². The van der Waals surface area contributed by atoms with E-state index in [2.05, 4.69) is 15.9 Å². The summed E-state index contributed by atoms with van der Waals surface area (Å²) in [6, 6.07) is 17.4. The minimum absolute atomic E-state index is 0.102. The third-order valence-electron chi connectivity index (χ3n) is 6.52. The quantitative estimate of drug-likeness (QED) is 0.404. The Hall–Kier alpha value is -3.39. The average molecular weight is 480 g/mol. The molecular weight excluding hydrogens is 446 g/mol. The van der Waals surface area contributed by atoms with Gasteiger partial charge in [0.05, 0.1) is 25.8 Å². The van der Waals surface area contributed by atoms with Gasteiger partial charge in [0.2, 0.25) is 11.8 Å². The van der Waals surface area contributed by atoms with Crippen molar-refractivity contribution in [2.75, 3.05) is 51.3 Å². The topological polar surface area (TPSA) is 79.4 Å². The van der Waals surface area contributed by atoms with E-state index in [-0.39, 0.29) is 30.7 Å². The van der Waals surface area contributed by atoms with Crippen molar-refractivity contribution in [1.29, 1.82) is 0 Å². The molecule has 2 fully saturated rings. The zero-order valence-electron chi connectivity index (χ0n) is 20.2. The molecule has 1 atom stereocenters. The predicted octanol–water partition coefficient (Wildman–Crippen LogP) is 2.51. The van der Waals surface area contributed by atoms with Gasteiger partial charge in [-0.3, -0.25) is 24.2 Å². The van der Waals surface area contributed by atoms with E-state index in [1.165, 1.54) is 4.90 Å². The van der Waals surface area contributed by atoms with Crippen LogP contribution in [0.5, 0.6) is 5.75 Å². The molecule has 0 aromatic heterocycles. The molecule has 1 unspecified atom stereocenters. The first-order valence-electron chi connectivity index (χ1n) is 12.2. The van der Waals surface area contributed by atoms with Crippen LogP contribution >= 0.6 is 0 Å². The number of carbonyl (C=O) groups excluding carboxylic acids is 3. The monoisotopic (exact) mass is 479 g/mol. The number of esters is 1. The largest absolute Gasteiger partial charge is 0.495 e. The molecule has 2 heterocycles. The molecular formula is C27H33N3O5. The van der Waals surface area contributed by atoms with Crippen LogP contribution in [0, 0.1) is 0 Å². The van der Waals surface area contributed by atoms with Crippen LogP contribution in [0.15, 0.2) is 54.6 Å². The molecule has 2 aliphatic rings. The van der Waals surface area contributed by atoms with Crippen LogP contribution in [0.3, 0.4) is 0 Å². The number of nitrogens with zero attached hydrogens (tertiary/aromatic N) is 3. The van der Waals surface area contributed by atoms with Crippen molar-refractivity contribution in [3.05, 3.63) is 60.2 Å². The van der Waals surface area contributed by atoms with E-state index in [1.807, 2.05) is 48.5 Å². The number of piperidine rings is 1. The molecule has 0 bridgehead atoms. The fourth-order valence-electron chi connectivity index (χ4n) is 4.68. The number of piperazine rings is 1. The molecule has 2 aromatic carbocycles. The number of carbonyl (C=O) groups is 3. The predicted molar refractivity (Wildman–Crippen MR) is 132 cm³/mol. The number of rotatable bonds is 9. The van der Waals surface area contributed by atoms with Gasteiger partial charge < -0.3 is 14.4 Å². The minimum Gasteiger partial charge on any atom is -0.495 e.